The number of hydrogen-bond acceptors (Lipinski definition) is 3. The molecule has 22 heavy (non-hydrogen) atoms. The van der Waals surface area contributed by atoms with Crippen LogP contribution in [0.4, 0.5) is 5.69 Å². The zero-order valence-electron chi connectivity index (χ0n) is 12.3. The molecule has 1 heterocycles. The number of carbonyl (C=O) groups is 3. The highest BCUT2D eigenvalue weighted by Crippen LogP contribution is 2.49. The predicted octanol–water partition coefficient (Wildman–Crippen LogP) is 1.75. The second kappa shape index (κ2) is 4.41. The van der Waals surface area contributed by atoms with Crippen LogP contribution in [0.1, 0.15) is 53.9 Å². The molecular weight excluding hydrogens is 280 g/mol. The molecule has 2 aliphatic carbocycles. The fraction of sp³-hybridized carbons (Fsp3) is 0.471. The van der Waals surface area contributed by atoms with Crippen LogP contribution in [0.3, 0.4) is 0 Å². The Hall–Kier alpha value is -2.17. The maximum atomic E-state index is 13.0. The molecule has 2 amide bonds. The summed E-state index contributed by atoms with van der Waals surface area (Å²) in [4.78, 5) is 38.6. The van der Waals surface area contributed by atoms with Crippen molar-refractivity contribution in [2.45, 2.75) is 38.0 Å². The van der Waals surface area contributed by atoms with E-state index in [1.54, 1.807) is 4.90 Å². The normalized spacial score (nSPS) is 24.6. The van der Waals surface area contributed by atoms with Gasteiger partial charge in [0, 0.05) is 30.1 Å². The summed E-state index contributed by atoms with van der Waals surface area (Å²) in [5, 5.41) is 0. The summed E-state index contributed by atoms with van der Waals surface area (Å²) in [5.41, 5.74) is 7.02. The van der Waals surface area contributed by atoms with Gasteiger partial charge in [-0.25, -0.2) is 0 Å². The number of rotatable bonds is 2. The Labute approximate surface area is 128 Å². The number of ketones is 1. The van der Waals surface area contributed by atoms with Crippen LogP contribution in [0.2, 0.25) is 0 Å². The summed E-state index contributed by atoms with van der Waals surface area (Å²) < 4.78 is 0. The van der Waals surface area contributed by atoms with E-state index in [1.165, 1.54) is 0 Å². The molecule has 1 atom stereocenters. The van der Waals surface area contributed by atoms with E-state index >= 15 is 0 Å². The summed E-state index contributed by atoms with van der Waals surface area (Å²) in [6, 6.07) is 5.54. The molecule has 0 saturated heterocycles. The second-order valence-corrected chi connectivity index (χ2v) is 6.61. The van der Waals surface area contributed by atoms with E-state index in [2.05, 4.69) is 0 Å². The van der Waals surface area contributed by atoms with Gasteiger partial charge in [0.15, 0.2) is 5.78 Å². The Morgan fingerprint density at radius 2 is 2.05 bits per heavy atom. The first-order valence-electron chi connectivity index (χ1n) is 7.82. The molecule has 1 aliphatic heterocycles. The lowest BCUT2D eigenvalue weighted by Crippen LogP contribution is -2.55. The van der Waals surface area contributed by atoms with Crippen LogP contribution in [0.5, 0.6) is 0 Å². The van der Waals surface area contributed by atoms with Gasteiger partial charge >= 0.3 is 0 Å². The van der Waals surface area contributed by atoms with Gasteiger partial charge in [0.25, 0.3) is 0 Å². The molecule has 0 bridgehead atoms. The number of Topliss-reactive ketones (excluding diaryl/α,β-unsaturated/α-hetero) is 1. The van der Waals surface area contributed by atoms with Gasteiger partial charge in [-0.1, -0.05) is 18.6 Å². The Balaban J connectivity index is 1.77. The van der Waals surface area contributed by atoms with Crippen molar-refractivity contribution in [2.24, 2.45) is 11.1 Å². The van der Waals surface area contributed by atoms with Gasteiger partial charge in [-0.15, -0.1) is 0 Å². The fourth-order valence-electron chi connectivity index (χ4n) is 4.09. The Bertz CT molecular complexity index is 706. The van der Waals surface area contributed by atoms with Gasteiger partial charge in [-0.3, -0.25) is 14.4 Å². The minimum Gasteiger partial charge on any atom is -0.369 e. The van der Waals surface area contributed by atoms with Crippen LogP contribution in [-0.2, 0) is 9.59 Å². The van der Waals surface area contributed by atoms with E-state index in [-0.39, 0.29) is 17.6 Å². The van der Waals surface area contributed by atoms with Gasteiger partial charge in [0.2, 0.25) is 11.8 Å². The highest BCUT2D eigenvalue weighted by molar-refractivity contribution is 6.14. The highest BCUT2D eigenvalue weighted by atomic mass is 16.2. The molecule has 1 unspecified atom stereocenters. The summed E-state index contributed by atoms with van der Waals surface area (Å²) in [6.45, 7) is 0.563. The first kappa shape index (κ1) is 13.5. The first-order chi connectivity index (χ1) is 10.5. The third-order valence-electron chi connectivity index (χ3n) is 5.54. The number of hydrogen-bond donors (Lipinski definition) is 1. The molecule has 0 radical (unpaired) electrons. The maximum Gasteiger partial charge on any atom is 0.242 e. The molecular formula is C17H18N2O3. The monoisotopic (exact) mass is 298 g/mol. The molecule has 1 aromatic carbocycles. The van der Waals surface area contributed by atoms with Crippen molar-refractivity contribution < 1.29 is 14.4 Å². The first-order valence-corrected chi connectivity index (χ1v) is 7.82. The van der Waals surface area contributed by atoms with Crippen LogP contribution in [0, 0.1) is 5.41 Å². The van der Waals surface area contributed by atoms with Crippen LogP contribution in [0.25, 0.3) is 0 Å². The zero-order chi connectivity index (χ0) is 15.5. The quantitative estimate of drug-likeness (QED) is 0.845. The van der Waals surface area contributed by atoms with Crippen molar-refractivity contribution >= 4 is 23.3 Å². The number of amides is 2. The molecule has 5 nitrogen and oxygen atoms in total. The Morgan fingerprint density at radius 3 is 2.68 bits per heavy atom. The average Bonchev–Trinajstić information content (AvgIpc) is 2.81. The summed E-state index contributed by atoms with van der Waals surface area (Å²) >= 11 is 0. The number of nitrogens with two attached hydrogens (primary N) is 1. The molecule has 114 valence electrons. The van der Waals surface area contributed by atoms with E-state index in [9.17, 15) is 14.4 Å². The summed E-state index contributed by atoms with van der Waals surface area (Å²) in [7, 11) is 0. The van der Waals surface area contributed by atoms with Crippen LogP contribution in [0.15, 0.2) is 18.2 Å². The minimum atomic E-state index is -1.03. The highest BCUT2D eigenvalue weighted by Gasteiger charge is 2.53. The molecule has 5 heteroatoms. The topological polar surface area (TPSA) is 80.5 Å². The maximum absolute atomic E-state index is 13.0. The van der Waals surface area contributed by atoms with Gasteiger partial charge in [0.1, 0.15) is 5.41 Å². The standard InChI is InChI=1S/C17H18N2O3/c18-15(21)17(7-2-8-17)16(22)19-9-10-5-6-13(20)11-3-1-4-12(19)14(10)11/h1,3-4,10H,2,5-9H2,(H2,18,21). The van der Waals surface area contributed by atoms with Crippen molar-refractivity contribution in [2.75, 3.05) is 11.4 Å². The molecule has 4 rings (SSSR count). The van der Waals surface area contributed by atoms with Crippen molar-refractivity contribution in [1.29, 1.82) is 0 Å². The summed E-state index contributed by atoms with van der Waals surface area (Å²) in [5.74, 6) is -0.342. The van der Waals surface area contributed by atoms with Crippen LogP contribution >= 0.6 is 0 Å². The van der Waals surface area contributed by atoms with Crippen LogP contribution in [-0.4, -0.2) is 24.1 Å². The van der Waals surface area contributed by atoms with Crippen molar-refractivity contribution in [3.8, 4) is 0 Å². The largest absolute Gasteiger partial charge is 0.369 e. The molecule has 1 aromatic rings. The molecule has 2 N–H and O–H groups in total. The van der Waals surface area contributed by atoms with Crippen molar-refractivity contribution in [3.63, 3.8) is 0 Å². The smallest absolute Gasteiger partial charge is 0.242 e. The van der Waals surface area contributed by atoms with E-state index in [4.69, 9.17) is 5.73 Å². The third kappa shape index (κ3) is 1.56. The lowest BCUT2D eigenvalue weighted by molar-refractivity contribution is -0.145. The van der Waals surface area contributed by atoms with Crippen molar-refractivity contribution in [3.05, 3.63) is 29.3 Å². The summed E-state index contributed by atoms with van der Waals surface area (Å²) in [6.07, 6.45) is 3.24. The number of carbonyl (C=O) groups excluding carboxylic acids is 3. The van der Waals surface area contributed by atoms with Crippen molar-refractivity contribution in [1.82, 2.24) is 0 Å². The molecule has 1 fully saturated rings. The Kier molecular flexibility index (Phi) is 2.71. The second-order valence-electron chi connectivity index (χ2n) is 6.61. The SMILES string of the molecule is NC(=O)C1(C(=O)N2CC3CCC(=O)c4cccc2c43)CCC1. The number of nitrogens with zero attached hydrogens (tertiary/aromatic N) is 1. The minimum absolute atomic E-state index is 0.149. The number of anilines is 1. The van der Waals surface area contributed by atoms with E-state index in [0.29, 0.717) is 25.8 Å². The zero-order valence-corrected chi connectivity index (χ0v) is 12.3. The van der Waals surface area contributed by atoms with Crippen LogP contribution < -0.4 is 10.6 Å². The number of benzene rings is 1. The molecule has 3 aliphatic rings. The van der Waals surface area contributed by atoms with E-state index in [0.717, 1.165) is 29.7 Å². The Morgan fingerprint density at radius 1 is 1.27 bits per heavy atom. The van der Waals surface area contributed by atoms with Gasteiger partial charge < -0.3 is 10.6 Å². The molecule has 1 saturated carbocycles. The predicted molar refractivity (Wildman–Crippen MR) is 80.6 cm³/mol. The van der Waals surface area contributed by atoms with Gasteiger partial charge in [-0.05, 0) is 30.9 Å². The van der Waals surface area contributed by atoms with Gasteiger partial charge in [0.05, 0.1) is 0 Å². The average molecular weight is 298 g/mol. The number of primary amides is 1. The lowest BCUT2D eigenvalue weighted by Gasteiger charge is -2.40. The van der Waals surface area contributed by atoms with Gasteiger partial charge in [-0.2, -0.15) is 0 Å². The van der Waals surface area contributed by atoms with E-state index in [1.807, 2.05) is 18.2 Å². The molecule has 0 spiro atoms. The fourth-order valence-corrected chi connectivity index (χ4v) is 4.09. The lowest BCUT2D eigenvalue weighted by atomic mass is 9.67. The molecule has 0 aromatic heterocycles. The third-order valence-corrected chi connectivity index (χ3v) is 5.54. The van der Waals surface area contributed by atoms with E-state index < -0.39 is 11.3 Å².